The quantitative estimate of drug-likeness (QED) is 0.792. The number of nitrogens with zero attached hydrogens (tertiary/aromatic N) is 2. The number of hydrogen-bond donors (Lipinski definition) is 1. The van der Waals surface area contributed by atoms with Gasteiger partial charge < -0.3 is 5.73 Å². The highest BCUT2D eigenvalue weighted by atomic mass is 35.5. The molecule has 1 unspecified atom stereocenters. The number of aromatic nitrogens is 2. The van der Waals surface area contributed by atoms with Gasteiger partial charge in [-0.1, -0.05) is 41.9 Å². The van der Waals surface area contributed by atoms with Crippen LogP contribution in [0, 0.1) is 0 Å². The average molecular weight is 300 g/mol. The van der Waals surface area contributed by atoms with Gasteiger partial charge in [-0.25, -0.2) is 0 Å². The summed E-state index contributed by atoms with van der Waals surface area (Å²) in [6.07, 6.45) is 0.702. The minimum absolute atomic E-state index is 0.104. The van der Waals surface area contributed by atoms with Gasteiger partial charge in [0.25, 0.3) is 0 Å². The third kappa shape index (κ3) is 2.80. The van der Waals surface area contributed by atoms with Crippen molar-refractivity contribution >= 4 is 22.5 Å². The number of rotatable bonds is 4. The fourth-order valence-corrected chi connectivity index (χ4v) is 2.85. The molecule has 0 spiro atoms. The molecule has 2 N–H and O–H groups in total. The summed E-state index contributed by atoms with van der Waals surface area (Å²) in [4.78, 5) is 0. The molecule has 0 aliphatic rings. The average Bonchev–Trinajstić information content (AvgIpc) is 2.85. The third-order valence-corrected chi connectivity index (χ3v) is 3.96. The van der Waals surface area contributed by atoms with Gasteiger partial charge >= 0.3 is 0 Å². The first-order valence-corrected chi connectivity index (χ1v) is 7.52. The highest BCUT2D eigenvalue weighted by molar-refractivity contribution is 6.30. The van der Waals surface area contributed by atoms with Gasteiger partial charge in [0.05, 0.1) is 11.2 Å². The van der Waals surface area contributed by atoms with E-state index in [1.54, 1.807) is 0 Å². The fraction of sp³-hybridized carbons (Fsp3) is 0.235. The van der Waals surface area contributed by atoms with Gasteiger partial charge in [0.1, 0.15) is 0 Å². The maximum absolute atomic E-state index is 6.33. The van der Waals surface area contributed by atoms with Crippen molar-refractivity contribution in [2.75, 3.05) is 0 Å². The first-order valence-electron chi connectivity index (χ1n) is 7.14. The van der Waals surface area contributed by atoms with Gasteiger partial charge in [-0.15, -0.1) is 0 Å². The molecule has 0 aliphatic carbocycles. The molecule has 0 fully saturated rings. The van der Waals surface area contributed by atoms with Crippen LogP contribution in [-0.4, -0.2) is 9.78 Å². The van der Waals surface area contributed by atoms with Crippen molar-refractivity contribution in [2.45, 2.75) is 25.9 Å². The van der Waals surface area contributed by atoms with Crippen LogP contribution in [0.1, 0.15) is 24.2 Å². The lowest BCUT2D eigenvalue weighted by molar-refractivity contribution is 0.642. The Hall–Kier alpha value is -1.84. The van der Waals surface area contributed by atoms with E-state index in [1.165, 1.54) is 5.39 Å². The first-order chi connectivity index (χ1) is 10.2. The zero-order valence-corrected chi connectivity index (χ0v) is 12.7. The number of benzene rings is 2. The molecular weight excluding hydrogens is 282 g/mol. The van der Waals surface area contributed by atoms with Gasteiger partial charge in [-0.3, -0.25) is 4.68 Å². The minimum Gasteiger partial charge on any atom is -0.324 e. The van der Waals surface area contributed by atoms with E-state index in [4.69, 9.17) is 22.4 Å². The van der Waals surface area contributed by atoms with Crippen molar-refractivity contribution in [1.29, 1.82) is 0 Å². The Labute approximate surface area is 129 Å². The molecule has 0 aliphatic heterocycles. The Morgan fingerprint density at radius 2 is 2.00 bits per heavy atom. The van der Waals surface area contributed by atoms with Crippen LogP contribution in [0.25, 0.3) is 10.9 Å². The van der Waals surface area contributed by atoms with Crippen molar-refractivity contribution in [3.63, 3.8) is 0 Å². The molecule has 0 radical (unpaired) electrons. The van der Waals surface area contributed by atoms with E-state index in [0.717, 1.165) is 23.3 Å². The van der Waals surface area contributed by atoms with Crippen molar-refractivity contribution in [3.05, 3.63) is 64.8 Å². The summed E-state index contributed by atoms with van der Waals surface area (Å²) in [5, 5.41) is 6.59. The molecule has 1 atom stereocenters. The number of para-hydroxylation sites is 1. The lowest BCUT2D eigenvalue weighted by Crippen LogP contribution is -2.14. The zero-order chi connectivity index (χ0) is 14.8. The molecule has 0 saturated heterocycles. The summed E-state index contributed by atoms with van der Waals surface area (Å²) in [6, 6.07) is 15.9. The first kappa shape index (κ1) is 14.1. The van der Waals surface area contributed by atoms with Crippen LogP contribution in [-0.2, 0) is 13.0 Å². The third-order valence-electron chi connectivity index (χ3n) is 3.72. The van der Waals surface area contributed by atoms with Crippen molar-refractivity contribution < 1.29 is 0 Å². The summed E-state index contributed by atoms with van der Waals surface area (Å²) < 4.78 is 2.02. The molecular formula is C17H18ClN3. The van der Waals surface area contributed by atoms with Crippen LogP contribution < -0.4 is 5.73 Å². The molecule has 21 heavy (non-hydrogen) atoms. The van der Waals surface area contributed by atoms with Crippen LogP contribution in [0.5, 0.6) is 0 Å². The molecule has 0 saturated carbocycles. The predicted octanol–water partition coefficient (Wildman–Crippen LogP) is 3.95. The van der Waals surface area contributed by atoms with Crippen molar-refractivity contribution in [1.82, 2.24) is 9.78 Å². The van der Waals surface area contributed by atoms with Crippen LogP contribution in [0.15, 0.2) is 48.5 Å². The maximum atomic E-state index is 6.33. The molecule has 3 nitrogen and oxygen atoms in total. The van der Waals surface area contributed by atoms with E-state index in [1.807, 2.05) is 41.1 Å². The SMILES string of the molecule is CCn1nc(CC(N)c2cccc(Cl)c2)c2ccccc21. The van der Waals surface area contributed by atoms with Crippen LogP contribution in [0.4, 0.5) is 0 Å². The zero-order valence-electron chi connectivity index (χ0n) is 12.0. The molecule has 1 aromatic heterocycles. The topological polar surface area (TPSA) is 43.8 Å². The molecule has 4 heteroatoms. The van der Waals surface area contributed by atoms with Gasteiger partial charge in [0, 0.05) is 29.4 Å². The second-order valence-electron chi connectivity index (χ2n) is 5.15. The molecule has 0 amide bonds. The Morgan fingerprint density at radius 1 is 1.19 bits per heavy atom. The Kier molecular flexibility index (Phi) is 3.95. The number of halogens is 1. The normalized spacial score (nSPS) is 12.7. The Balaban J connectivity index is 1.94. The van der Waals surface area contributed by atoms with Crippen LogP contribution in [0.3, 0.4) is 0 Å². The van der Waals surface area contributed by atoms with Crippen molar-refractivity contribution in [3.8, 4) is 0 Å². The molecule has 3 aromatic rings. The summed E-state index contributed by atoms with van der Waals surface area (Å²) in [6.45, 7) is 2.95. The molecule has 1 heterocycles. The molecule has 0 bridgehead atoms. The van der Waals surface area contributed by atoms with E-state index < -0.39 is 0 Å². The second-order valence-corrected chi connectivity index (χ2v) is 5.58. The Morgan fingerprint density at radius 3 is 2.76 bits per heavy atom. The number of aryl methyl sites for hydroxylation is 1. The monoisotopic (exact) mass is 299 g/mol. The van der Waals surface area contributed by atoms with E-state index in [-0.39, 0.29) is 6.04 Å². The smallest absolute Gasteiger partial charge is 0.0722 e. The minimum atomic E-state index is -0.104. The van der Waals surface area contributed by atoms with Gasteiger partial charge in [-0.05, 0) is 30.7 Å². The van der Waals surface area contributed by atoms with E-state index >= 15 is 0 Å². The van der Waals surface area contributed by atoms with E-state index in [9.17, 15) is 0 Å². The number of nitrogens with two attached hydrogens (primary N) is 1. The molecule has 108 valence electrons. The largest absolute Gasteiger partial charge is 0.324 e. The second kappa shape index (κ2) is 5.88. The molecule has 2 aromatic carbocycles. The van der Waals surface area contributed by atoms with Gasteiger partial charge in [0.2, 0.25) is 0 Å². The lowest BCUT2D eigenvalue weighted by Gasteiger charge is -2.11. The van der Waals surface area contributed by atoms with E-state index in [0.29, 0.717) is 11.4 Å². The van der Waals surface area contributed by atoms with Crippen LogP contribution in [0.2, 0.25) is 5.02 Å². The highest BCUT2D eigenvalue weighted by Gasteiger charge is 2.14. The predicted molar refractivity (Wildman–Crippen MR) is 87.5 cm³/mol. The fourth-order valence-electron chi connectivity index (χ4n) is 2.65. The van der Waals surface area contributed by atoms with Crippen molar-refractivity contribution in [2.24, 2.45) is 5.73 Å². The Bertz CT molecular complexity index is 764. The van der Waals surface area contributed by atoms with Crippen LogP contribution >= 0.6 is 11.6 Å². The van der Waals surface area contributed by atoms with E-state index in [2.05, 4.69) is 19.1 Å². The number of hydrogen-bond acceptors (Lipinski definition) is 2. The summed E-state index contributed by atoms with van der Waals surface area (Å²) >= 11 is 6.04. The summed E-state index contributed by atoms with van der Waals surface area (Å²) in [5.74, 6) is 0. The number of fused-ring (bicyclic) bond motifs is 1. The molecule has 3 rings (SSSR count). The maximum Gasteiger partial charge on any atom is 0.0722 e. The standard InChI is InChI=1S/C17H18ClN3/c1-2-21-17-9-4-3-8-14(17)16(20-21)11-15(19)12-6-5-7-13(18)10-12/h3-10,15H,2,11,19H2,1H3. The summed E-state index contributed by atoms with van der Waals surface area (Å²) in [5.41, 5.74) is 9.57. The highest BCUT2D eigenvalue weighted by Crippen LogP contribution is 2.24. The van der Waals surface area contributed by atoms with Gasteiger partial charge in [0.15, 0.2) is 0 Å². The van der Waals surface area contributed by atoms with Gasteiger partial charge in [-0.2, -0.15) is 5.10 Å². The summed E-state index contributed by atoms with van der Waals surface area (Å²) in [7, 11) is 0. The lowest BCUT2D eigenvalue weighted by atomic mass is 10.0.